The fourth-order valence-electron chi connectivity index (χ4n) is 12.9. The lowest BCUT2D eigenvalue weighted by Gasteiger charge is -2.71. The molecule has 0 spiro atoms. The molecule has 0 aromatic rings. The number of ether oxygens (including phenoxy) is 3. The molecule has 4 fully saturated rings. The molecule has 1 saturated heterocycles. The molecular formula is C45H75N3O8. The molecule has 5 N–H and O–H groups in total. The first-order valence-corrected chi connectivity index (χ1v) is 22.0. The smallest absolute Gasteiger partial charge is 0.323 e. The third kappa shape index (κ3) is 7.90. The Kier molecular flexibility index (Phi) is 13.7. The molecule has 1 unspecified atom stereocenters. The zero-order valence-electron chi connectivity index (χ0n) is 36.1. The van der Waals surface area contributed by atoms with Crippen molar-refractivity contribution in [2.45, 2.75) is 164 Å². The average Bonchev–Trinajstić information content (AvgIpc) is 3.12. The summed E-state index contributed by atoms with van der Waals surface area (Å²) in [5.74, 6) is -1.19. The number of fused-ring (bicyclic) bond motifs is 3. The largest absolute Gasteiger partial charge is 0.481 e. The van der Waals surface area contributed by atoms with Gasteiger partial charge in [-0.1, -0.05) is 86.3 Å². The molecule has 4 aliphatic carbocycles. The summed E-state index contributed by atoms with van der Waals surface area (Å²) < 4.78 is 19.0. The first kappa shape index (κ1) is 44.4. The number of carbonyl (C=O) groups is 4. The molecule has 0 aromatic carbocycles. The predicted octanol–water partition coefficient (Wildman–Crippen LogP) is 7.80. The maximum absolute atomic E-state index is 13.7. The van der Waals surface area contributed by atoms with Crippen molar-refractivity contribution < 1.29 is 38.5 Å². The van der Waals surface area contributed by atoms with E-state index < -0.39 is 58.3 Å². The van der Waals surface area contributed by atoms with Gasteiger partial charge in [-0.25, -0.2) is 4.79 Å². The molecule has 1 aliphatic heterocycles. The molecule has 5 rings (SSSR count). The lowest BCUT2D eigenvalue weighted by molar-refractivity contribution is -0.263. The number of carboxylic acid groups (broad SMARTS) is 1. The summed E-state index contributed by atoms with van der Waals surface area (Å²) in [7, 11) is 0. The maximum Gasteiger partial charge on any atom is 0.323 e. The Bertz CT molecular complexity index is 1480. The second-order valence-corrected chi connectivity index (χ2v) is 19.9. The van der Waals surface area contributed by atoms with Gasteiger partial charge >= 0.3 is 23.9 Å². The number of unbranched alkanes of at least 4 members (excludes halogenated alkanes) is 4. The minimum Gasteiger partial charge on any atom is -0.481 e. The summed E-state index contributed by atoms with van der Waals surface area (Å²) in [6.07, 6.45) is 11.9. The number of carbonyl (C=O) groups excluding carboxylic acids is 3. The van der Waals surface area contributed by atoms with Crippen LogP contribution in [0.5, 0.6) is 0 Å². The van der Waals surface area contributed by atoms with Gasteiger partial charge in [0.25, 0.3) is 0 Å². The minimum atomic E-state index is -0.854. The van der Waals surface area contributed by atoms with Crippen molar-refractivity contribution >= 4 is 23.9 Å². The molecular weight excluding hydrogens is 711 g/mol. The summed E-state index contributed by atoms with van der Waals surface area (Å²) in [6, 6.07) is -1.03. The van der Waals surface area contributed by atoms with Crippen LogP contribution in [0.3, 0.4) is 0 Å². The molecule has 318 valence electrons. The average molecular weight is 786 g/mol. The van der Waals surface area contributed by atoms with Gasteiger partial charge in [-0.2, -0.15) is 0 Å². The van der Waals surface area contributed by atoms with Gasteiger partial charge in [-0.05, 0) is 104 Å². The van der Waals surface area contributed by atoms with Gasteiger partial charge in [-0.15, -0.1) is 0 Å². The Morgan fingerprint density at radius 2 is 1.61 bits per heavy atom. The van der Waals surface area contributed by atoms with E-state index in [1.54, 1.807) is 0 Å². The molecule has 56 heavy (non-hydrogen) atoms. The van der Waals surface area contributed by atoms with E-state index in [1.807, 2.05) is 0 Å². The van der Waals surface area contributed by atoms with E-state index >= 15 is 0 Å². The molecule has 5 aliphatic rings. The zero-order chi connectivity index (χ0) is 41.3. The summed E-state index contributed by atoms with van der Waals surface area (Å²) in [6.45, 7) is 21.2. The number of amides is 2. The molecule has 1 heterocycles. The molecule has 11 heteroatoms. The Labute approximate surface area is 336 Å². The maximum atomic E-state index is 13.7. The quantitative estimate of drug-likeness (QED) is 0.0694. The van der Waals surface area contributed by atoms with Crippen LogP contribution in [0.2, 0.25) is 0 Å². The highest BCUT2D eigenvalue weighted by Crippen LogP contribution is 2.75. The number of nitrogens with two attached hydrogens (primary N) is 1. The van der Waals surface area contributed by atoms with Gasteiger partial charge in [0.15, 0.2) is 0 Å². The standard InChI is InChI=1S/C45H75N3O8/c1-10-11-12-14-23-47-40(53)48-24-15-13-16-33(46)39(52)56-37-34(55-30(5)49)25-45-27-54-26-42(37,7)35(45)18-17-31-32(45)19-20-44(9)36(38(50)51)41(6,29(4)28(2)3)21-22-43(31,44)8/h19,28-29,31,33-37H,10-18,20-27,46H2,1-9H3,(H,50,51)(H2,47,48,53)/t29-,31+,33?,34-,35+,36-,37+,41-,42-,43-,44+,45-/m1/s1. The number of allylic oxidation sites excluding steroid dienone is 1. The van der Waals surface area contributed by atoms with Crippen LogP contribution in [-0.4, -0.2) is 73.6 Å². The number of hydrogen-bond acceptors (Lipinski definition) is 8. The number of hydrogen-bond donors (Lipinski definition) is 4. The van der Waals surface area contributed by atoms with E-state index in [0.717, 1.165) is 44.9 Å². The molecule has 12 atom stereocenters. The van der Waals surface area contributed by atoms with Crippen molar-refractivity contribution in [3.05, 3.63) is 11.6 Å². The first-order valence-electron chi connectivity index (χ1n) is 22.0. The normalized spacial score (nSPS) is 38.5. The highest BCUT2D eigenvalue weighted by atomic mass is 16.6. The van der Waals surface area contributed by atoms with Gasteiger partial charge in [-0.3, -0.25) is 14.4 Å². The van der Waals surface area contributed by atoms with Crippen molar-refractivity contribution in [2.24, 2.45) is 62.4 Å². The van der Waals surface area contributed by atoms with Crippen molar-refractivity contribution in [3.63, 3.8) is 0 Å². The van der Waals surface area contributed by atoms with Crippen LogP contribution in [0.25, 0.3) is 0 Å². The van der Waals surface area contributed by atoms with Gasteiger partial charge in [0.1, 0.15) is 18.2 Å². The van der Waals surface area contributed by atoms with E-state index in [9.17, 15) is 24.3 Å². The number of aliphatic carboxylic acids is 1. The summed E-state index contributed by atoms with van der Waals surface area (Å²) in [5.41, 5.74) is 5.69. The molecule has 2 amide bonds. The van der Waals surface area contributed by atoms with Crippen LogP contribution in [0.15, 0.2) is 11.6 Å². The zero-order valence-corrected chi connectivity index (χ0v) is 36.1. The summed E-state index contributed by atoms with van der Waals surface area (Å²) in [4.78, 5) is 51.9. The van der Waals surface area contributed by atoms with E-state index in [0.29, 0.717) is 64.3 Å². The van der Waals surface area contributed by atoms with E-state index in [4.69, 9.17) is 19.9 Å². The van der Waals surface area contributed by atoms with Crippen molar-refractivity contribution in [2.75, 3.05) is 26.3 Å². The van der Waals surface area contributed by atoms with Crippen molar-refractivity contribution in [1.29, 1.82) is 0 Å². The second kappa shape index (κ2) is 17.3. The Balaban J connectivity index is 1.32. The van der Waals surface area contributed by atoms with Gasteiger partial charge in [0.05, 0.1) is 19.1 Å². The molecule has 3 saturated carbocycles. The fraction of sp³-hybridized carbons (Fsp3) is 0.867. The fourth-order valence-corrected chi connectivity index (χ4v) is 12.9. The van der Waals surface area contributed by atoms with Crippen molar-refractivity contribution in [1.82, 2.24) is 10.6 Å². The van der Waals surface area contributed by atoms with Crippen molar-refractivity contribution in [3.8, 4) is 0 Å². The van der Waals surface area contributed by atoms with Crippen LogP contribution in [0.1, 0.15) is 146 Å². The lowest BCUT2D eigenvalue weighted by atomic mass is 9.34. The number of nitrogens with one attached hydrogen (secondary N) is 2. The Hall–Kier alpha value is -2.66. The van der Waals surface area contributed by atoms with Crippen LogP contribution in [0, 0.1) is 56.7 Å². The second-order valence-electron chi connectivity index (χ2n) is 19.9. The molecule has 2 bridgehead atoms. The third-order valence-electron chi connectivity index (χ3n) is 16.5. The minimum absolute atomic E-state index is 0.119. The predicted molar refractivity (Wildman–Crippen MR) is 216 cm³/mol. The number of carboxylic acids is 1. The first-order chi connectivity index (χ1) is 26.3. The number of urea groups is 1. The van der Waals surface area contributed by atoms with E-state index in [1.165, 1.54) is 18.9 Å². The van der Waals surface area contributed by atoms with Crippen LogP contribution < -0.4 is 16.4 Å². The van der Waals surface area contributed by atoms with E-state index in [2.05, 4.69) is 72.1 Å². The highest BCUT2D eigenvalue weighted by molar-refractivity contribution is 5.76. The number of esters is 2. The number of rotatable bonds is 16. The van der Waals surface area contributed by atoms with Crippen LogP contribution in [0.4, 0.5) is 4.79 Å². The SMILES string of the molecule is CCCCCCNC(=O)NCCCCC(N)C(=O)O[C@H]1[C@H](OC(C)=O)C[C@]23COC[C@]1(C)[C@@H]2CC[C@H]1C3=CC[C@@]2(C)[C@H](C(=O)O)[C@@](C)([C@H](C)C(C)C)CC[C@]12C. The topological polar surface area (TPSA) is 166 Å². The van der Waals surface area contributed by atoms with E-state index in [-0.39, 0.29) is 34.6 Å². The Morgan fingerprint density at radius 1 is 0.929 bits per heavy atom. The monoisotopic (exact) mass is 786 g/mol. The summed E-state index contributed by atoms with van der Waals surface area (Å²) in [5, 5.41) is 16.8. The Morgan fingerprint density at radius 3 is 2.23 bits per heavy atom. The molecule has 0 radical (unpaired) electrons. The van der Waals surface area contributed by atoms with Gasteiger partial charge < -0.3 is 35.7 Å². The molecule has 0 aromatic heterocycles. The summed E-state index contributed by atoms with van der Waals surface area (Å²) >= 11 is 0. The lowest BCUT2D eigenvalue weighted by Crippen LogP contribution is -2.70. The van der Waals surface area contributed by atoms with Crippen LogP contribution in [-0.2, 0) is 28.6 Å². The third-order valence-corrected chi connectivity index (χ3v) is 16.5. The van der Waals surface area contributed by atoms with Gasteiger partial charge in [0, 0.05) is 30.8 Å². The molecule has 11 nitrogen and oxygen atoms in total. The van der Waals surface area contributed by atoms with Gasteiger partial charge in [0.2, 0.25) is 0 Å². The highest BCUT2D eigenvalue weighted by Gasteiger charge is 2.72. The van der Waals surface area contributed by atoms with Crippen LogP contribution >= 0.6 is 0 Å².